The number of hydrogen-bond donors (Lipinski definition) is 1. The standard InChI is InChI=1S/C18H22N2O4S/c1-4-20(5-2)18(21)14-10-12-15(13-11-14)19-25(22,23)17-9-7-6-8-16(17)24-3/h6-13,19H,4-5H2,1-3H3. The Morgan fingerprint density at radius 1 is 1.04 bits per heavy atom. The van der Waals surface area contributed by atoms with E-state index in [9.17, 15) is 13.2 Å². The van der Waals surface area contributed by atoms with E-state index < -0.39 is 10.0 Å². The molecule has 1 amide bonds. The topological polar surface area (TPSA) is 75.7 Å². The monoisotopic (exact) mass is 362 g/mol. The van der Waals surface area contributed by atoms with Crippen molar-refractivity contribution in [1.29, 1.82) is 0 Å². The minimum atomic E-state index is -3.79. The van der Waals surface area contributed by atoms with Crippen molar-refractivity contribution in [1.82, 2.24) is 4.90 Å². The van der Waals surface area contributed by atoms with E-state index in [4.69, 9.17) is 4.74 Å². The Labute approximate surface area is 148 Å². The Hall–Kier alpha value is -2.54. The summed E-state index contributed by atoms with van der Waals surface area (Å²) in [5, 5.41) is 0. The number of amides is 1. The van der Waals surface area contributed by atoms with Crippen LogP contribution < -0.4 is 9.46 Å². The van der Waals surface area contributed by atoms with Gasteiger partial charge in [0.05, 0.1) is 7.11 Å². The SMILES string of the molecule is CCN(CC)C(=O)c1ccc(NS(=O)(=O)c2ccccc2OC)cc1. The van der Waals surface area contributed by atoms with Crippen molar-refractivity contribution in [2.75, 3.05) is 24.9 Å². The Balaban J connectivity index is 2.22. The Morgan fingerprint density at radius 3 is 2.20 bits per heavy atom. The molecule has 25 heavy (non-hydrogen) atoms. The van der Waals surface area contributed by atoms with Gasteiger partial charge in [0.2, 0.25) is 0 Å². The van der Waals surface area contributed by atoms with E-state index in [2.05, 4.69) is 4.72 Å². The lowest BCUT2D eigenvalue weighted by molar-refractivity contribution is 0.0773. The molecule has 0 saturated carbocycles. The van der Waals surface area contributed by atoms with Gasteiger partial charge >= 0.3 is 0 Å². The number of rotatable bonds is 7. The predicted molar refractivity (Wildman–Crippen MR) is 97.5 cm³/mol. The molecular weight excluding hydrogens is 340 g/mol. The number of nitrogens with one attached hydrogen (secondary N) is 1. The van der Waals surface area contributed by atoms with Crippen molar-refractivity contribution in [3.8, 4) is 5.75 Å². The normalized spacial score (nSPS) is 11.0. The first-order valence-electron chi connectivity index (χ1n) is 7.98. The number of carbonyl (C=O) groups excluding carboxylic acids is 1. The molecule has 0 bridgehead atoms. The number of para-hydroxylation sites is 1. The molecule has 0 aliphatic carbocycles. The van der Waals surface area contributed by atoms with Crippen molar-refractivity contribution in [2.45, 2.75) is 18.7 Å². The molecular formula is C18H22N2O4S. The van der Waals surface area contributed by atoms with Crippen LogP contribution in [0, 0.1) is 0 Å². The van der Waals surface area contributed by atoms with Gasteiger partial charge in [-0.1, -0.05) is 12.1 Å². The summed E-state index contributed by atoms with van der Waals surface area (Å²) in [5.74, 6) is 0.187. The molecule has 0 heterocycles. The van der Waals surface area contributed by atoms with Crippen molar-refractivity contribution in [3.05, 3.63) is 54.1 Å². The first-order valence-corrected chi connectivity index (χ1v) is 9.46. The van der Waals surface area contributed by atoms with E-state index in [1.165, 1.54) is 13.2 Å². The van der Waals surface area contributed by atoms with Crippen molar-refractivity contribution in [3.63, 3.8) is 0 Å². The Kier molecular flexibility index (Phi) is 6.03. The highest BCUT2D eigenvalue weighted by Gasteiger charge is 2.19. The summed E-state index contributed by atoms with van der Waals surface area (Å²) in [7, 11) is -2.37. The molecule has 7 heteroatoms. The minimum Gasteiger partial charge on any atom is -0.495 e. The van der Waals surface area contributed by atoms with Crippen molar-refractivity contribution < 1.29 is 17.9 Å². The van der Waals surface area contributed by atoms with E-state index in [1.807, 2.05) is 13.8 Å². The van der Waals surface area contributed by atoms with Gasteiger partial charge in [0, 0.05) is 24.3 Å². The lowest BCUT2D eigenvalue weighted by atomic mass is 10.2. The fraction of sp³-hybridized carbons (Fsp3) is 0.278. The molecule has 0 radical (unpaired) electrons. The third-order valence-corrected chi connectivity index (χ3v) is 5.21. The molecule has 2 aromatic rings. The van der Waals surface area contributed by atoms with Crippen LogP contribution in [0.4, 0.5) is 5.69 Å². The van der Waals surface area contributed by atoms with Gasteiger partial charge in [0.1, 0.15) is 10.6 Å². The Morgan fingerprint density at radius 2 is 1.64 bits per heavy atom. The fourth-order valence-corrected chi connectivity index (χ4v) is 3.66. The molecule has 0 aliphatic rings. The van der Waals surface area contributed by atoms with Crippen LogP contribution in [0.1, 0.15) is 24.2 Å². The third-order valence-electron chi connectivity index (χ3n) is 3.79. The van der Waals surface area contributed by atoms with Gasteiger partial charge in [-0.2, -0.15) is 0 Å². The predicted octanol–water partition coefficient (Wildman–Crippen LogP) is 2.98. The largest absolute Gasteiger partial charge is 0.495 e. The molecule has 0 atom stereocenters. The number of anilines is 1. The van der Waals surface area contributed by atoms with Gasteiger partial charge in [0.25, 0.3) is 15.9 Å². The molecule has 0 aromatic heterocycles. The van der Waals surface area contributed by atoms with Crippen LogP contribution in [-0.4, -0.2) is 39.4 Å². The van der Waals surface area contributed by atoms with Gasteiger partial charge in [-0.25, -0.2) is 8.42 Å². The first-order chi connectivity index (χ1) is 11.9. The number of ether oxygens (including phenoxy) is 1. The Bertz CT molecular complexity index is 828. The van der Waals surface area contributed by atoms with E-state index in [1.54, 1.807) is 47.4 Å². The summed E-state index contributed by atoms with van der Waals surface area (Å²) in [6, 6.07) is 12.8. The van der Waals surface area contributed by atoms with Crippen LogP contribution in [0.2, 0.25) is 0 Å². The zero-order valence-corrected chi connectivity index (χ0v) is 15.3. The van der Waals surface area contributed by atoms with E-state index in [0.717, 1.165) is 0 Å². The molecule has 6 nitrogen and oxygen atoms in total. The summed E-state index contributed by atoms with van der Waals surface area (Å²) >= 11 is 0. The second kappa shape index (κ2) is 8.02. The summed E-state index contributed by atoms with van der Waals surface area (Å²) in [6.45, 7) is 5.07. The average molecular weight is 362 g/mol. The van der Waals surface area contributed by atoms with Gasteiger partial charge in [-0.15, -0.1) is 0 Å². The molecule has 0 saturated heterocycles. The number of benzene rings is 2. The second-order valence-electron chi connectivity index (χ2n) is 5.31. The van der Waals surface area contributed by atoms with Crippen LogP contribution in [0.15, 0.2) is 53.4 Å². The second-order valence-corrected chi connectivity index (χ2v) is 6.96. The lowest BCUT2D eigenvalue weighted by Crippen LogP contribution is -2.30. The van der Waals surface area contributed by atoms with Crippen molar-refractivity contribution >= 4 is 21.6 Å². The number of hydrogen-bond acceptors (Lipinski definition) is 4. The number of nitrogens with zero attached hydrogens (tertiary/aromatic N) is 1. The maximum absolute atomic E-state index is 12.5. The molecule has 1 N–H and O–H groups in total. The summed E-state index contributed by atoms with van der Waals surface area (Å²) in [5.41, 5.74) is 0.894. The van der Waals surface area contributed by atoms with Crippen LogP contribution in [0.25, 0.3) is 0 Å². The number of carbonyl (C=O) groups is 1. The van der Waals surface area contributed by atoms with E-state index in [-0.39, 0.29) is 16.6 Å². The number of sulfonamides is 1. The van der Waals surface area contributed by atoms with Crippen LogP contribution in [0.5, 0.6) is 5.75 Å². The average Bonchev–Trinajstić information content (AvgIpc) is 2.63. The molecule has 134 valence electrons. The molecule has 2 rings (SSSR count). The maximum atomic E-state index is 12.5. The minimum absolute atomic E-state index is 0.0563. The van der Waals surface area contributed by atoms with Gasteiger partial charge < -0.3 is 9.64 Å². The van der Waals surface area contributed by atoms with Crippen LogP contribution >= 0.6 is 0 Å². The van der Waals surface area contributed by atoms with Gasteiger partial charge in [-0.05, 0) is 50.2 Å². The third kappa shape index (κ3) is 4.30. The molecule has 2 aromatic carbocycles. The zero-order valence-electron chi connectivity index (χ0n) is 14.5. The maximum Gasteiger partial charge on any atom is 0.265 e. The highest BCUT2D eigenvalue weighted by molar-refractivity contribution is 7.92. The molecule has 0 aliphatic heterocycles. The van der Waals surface area contributed by atoms with Crippen LogP contribution in [-0.2, 0) is 10.0 Å². The lowest BCUT2D eigenvalue weighted by Gasteiger charge is -2.18. The fourth-order valence-electron chi connectivity index (χ4n) is 2.43. The molecule has 0 fully saturated rings. The van der Waals surface area contributed by atoms with E-state index in [0.29, 0.717) is 24.3 Å². The first kappa shape index (κ1) is 18.8. The highest BCUT2D eigenvalue weighted by atomic mass is 32.2. The highest BCUT2D eigenvalue weighted by Crippen LogP contribution is 2.25. The summed E-state index contributed by atoms with van der Waals surface area (Å²) in [4.78, 5) is 14.0. The molecule has 0 spiro atoms. The summed E-state index contributed by atoms with van der Waals surface area (Å²) < 4.78 is 32.7. The summed E-state index contributed by atoms with van der Waals surface area (Å²) in [6.07, 6.45) is 0. The molecule has 0 unspecified atom stereocenters. The quantitative estimate of drug-likeness (QED) is 0.822. The van der Waals surface area contributed by atoms with Crippen LogP contribution in [0.3, 0.4) is 0 Å². The number of methoxy groups -OCH3 is 1. The van der Waals surface area contributed by atoms with E-state index >= 15 is 0 Å². The zero-order chi connectivity index (χ0) is 18.4. The van der Waals surface area contributed by atoms with Gasteiger partial charge in [-0.3, -0.25) is 9.52 Å². The van der Waals surface area contributed by atoms with Crippen molar-refractivity contribution in [2.24, 2.45) is 0 Å². The van der Waals surface area contributed by atoms with Gasteiger partial charge in [0.15, 0.2) is 0 Å². The smallest absolute Gasteiger partial charge is 0.265 e.